The largest absolute Gasteiger partial charge is 0.355 e. The molecule has 0 bridgehead atoms. The summed E-state index contributed by atoms with van der Waals surface area (Å²) in [6, 6.07) is 15.7. The Bertz CT molecular complexity index is 1210. The highest BCUT2D eigenvalue weighted by atomic mass is 32.2. The van der Waals surface area contributed by atoms with Gasteiger partial charge in [-0.05, 0) is 49.1 Å². The van der Waals surface area contributed by atoms with Crippen LogP contribution in [0.15, 0.2) is 65.6 Å². The Morgan fingerprint density at radius 3 is 2.31 bits per heavy atom. The summed E-state index contributed by atoms with van der Waals surface area (Å²) in [5, 5.41) is 19.8. The van der Waals surface area contributed by atoms with Crippen molar-refractivity contribution in [1.82, 2.24) is 10.2 Å². The van der Waals surface area contributed by atoms with Gasteiger partial charge in [0.05, 0.1) is 10.6 Å². The molecule has 1 aromatic heterocycles. The van der Waals surface area contributed by atoms with Crippen molar-refractivity contribution >= 4 is 27.2 Å². The molecule has 2 aromatic carbocycles. The van der Waals surface area contributed by atoms with Gasteiger partial charge in [0, 0.05) is 30.4 Å². The minimum atomic E-state index is -4.11. The molecule has 1 saturated heterocycles. The number of rotatable bonds is 6. The molecular weight excluding hydrogens is 430 g/mol. The molecule has 1 fully saturated rings. The molecule has 0 spiro atoms. The van der Waals surface area contributed by atoms with Crippen LogP contribution in [-0.2, 0) is 10.0 Å². The summed E-state index contributed by atoms with van der Waals surface area (Å²) >= 11 is 0. The van der Waals surface area contributed by atoms with Crippen LogP contribution < -0.4 is 9.62 Å². The maximum Gasteiger partial charge on any atom is 0.289 e. The number of aromatic nitrogens is 2. The lowest BCUT2D eigenvalue weighted by Gasteiger charge is -2.30. The molecule has 166 valence electrons. The molecule has 10 heteroatoms. The Hall–Kier alpha value is -3.53. The van der Waals surface area contributed by atoms with Crippen LogP contribution in [0.4, 0.5) is 17.2 Å². The lowest BCUT2D eigenvalue weighted by molar-refractivity contribution is -0.387. The molecule has 0 amide bonds. The molecule has 1 N–H and O–H groups in total. The molecule has 9 nitrogen and oxygen atoms in total. The first kappa shape index (κ1) is 21.7. The lowest BCUT2D eigenvalue weighted by Crippen LogP contribution is -2.33. The van der Waals surface area contributed by atoms with Crippen LogP contribution in [0.5, 0.6) is 0 Å². The number of nitro groups is 1. The van der Waals surface area contributed by atoms with Crippen molar-refractivity contribution in [2.24, 2.45) is 5.92 Å². The zero-order chi connectivity index (χ0) is 22.7. The number of anilines is 2. The van der Waals surface area contributed by atoms with E-state index in [4.69, 9.17) is 0 Å². The Morgan fingerprint density at radius 1 is 1.00 bits per heavy atom. The topological polar surface area (TPSA) is 118 Å². The predicted octanol–water partition coefficient (Wildman–Crippen LogP) is 4.09. The summed E-state index contributed by atoms with van der Waals surface area (Å²) < 4.78 is 27.7. The van der Waals surface area contributed by atoms with Crippen LogP contribution in [-0.4, -0.2) is 36.6 Å². The van der Waals surface area contributed by atoms with Gasteiger partial charge in [-0.3, -0.25) is 14.8 Å². The number of piperidine rings is 1. The van der Waals surface area contributed by atoms with Crippen molar-refractivity contribution in [3.05, 3.63) is 70.8 Å². The van der Waals surface area contributed by atoms with Gasteiger partial charge < -0.3 is 4.90 Å². The summed E-state index contributed by atoms with van der Waals surface area (Å²) in [5.74, 6) is 1.59. The fraction of sp³-hybridized carbons (Fsp3) is 0.273. The van der Waals surface area contributed by atoms with Gasteiger partial charge in [0.1, 0.15) is 0 Å². The summed E-state index contributed by atoms with van der Waals surface area (Å²) in [6.45, 7) is 4.21. The van der Waals surface area contributed by atoms with Crippen LogP contribution in [0, 0.1) is 16.0 Å². The normalized spacial score (nSPS) is 14.8. The molecular formula is C22H23N5O4S. The Morgan fingerprint density at radius 2 is 1.69 bits per heavy atom. The van der Waals surface area contributed by atoms with E-state index in [0.29, 0.717) is 11.4 Å². The smallest absolute Gasteiger partial charge is 0.289 e. The quantitative estimate of drug-likeness (QED) is 0.441. The summed E-state index contributed by atoms with van der Waals surface area (Å²) in [7, 11) is -4.11. The van der Waals surface area contributed by atoms with Gasteiger partial charge in [-0.15, -0.1) is 10.2 Å². The van der Waals surface area contributed by atoms with Crippen LogP contribution in [0.1, 0.15) is 19.8 Å². The van der Waals surface area contributed by atoms with E-state index in [-0.39, 0.29) is 4.90 Å². The zero-order valence-corrected chi connectivity index (χ0v) is 18.3. The van der Waals surface area contributed by atoms with E-state index < -0.39 is 20.6 Å². The van der Waals surface area contributed by atoms with Crippen LogP contribution in [0.3, 0.4) is 0 Å². The Kier molecular flexibility index (Phi) is 6.04. The standard InChI is InChI=1S/C22H23N5O4S/c1-16-12-14-26(15-13-16)22-11-10-19(23-24-22)17-6-8-18(9-7-17)25-32(30,31)21-5-3-2-4-20(21)27(28)29/h2-11,16,25H,12-15H2,1H3. The maximum atomic E-state index is 12.6. The minimum absolute atomic E-state index is 0.291. The van der Waals surface area contributed by atoms with E-state index in [0.717, 1.165) is 49.3 Å². The van der Waals surface area contributed by atoms with Crippen molar-refractivity contribution in [3.63, 3.8) is 0 Å². The SMILES string of the molecule is CC1CCN(c2ccc(-c3ccc(NS(=O)(=O)c4ccccc4[N+](=O)[O-])cc3)nn2)CC1. The highest BCUT2D eigenvalue weighted by molar-refractivity contribution is 7.92. The summed E-state index contributed by atoms with van der Waals surface area (Å²) in [5.41, 5.74) is 1.27. The number of hydrogen-bond acceptors (Lipinski definition) is 7. The first-order chi connectivity index (χ1) is 15.3. The van der Waals surface area contributed by atoms with Gasteiger partial charge >= 0.3 is 0 Å². The third-order valence-electron chi connectivity index (χ3n) is 5.54. The second-order valence-corrected chi connectivity index (χ2v) is 9.50. The highest BCUT2D eigenvalue weighted by Crippen LogP contribution is 2.27. The molecule has 4 rings (SSSR count). The van der Waals surface area contributed by atoms with Crippen molar-refractivity contribution in [1.29, 1.82) is 0 Å². The van der Waals surface area contributed by atoms with Crippen LogP contribution in [0.25, 0.3) is 11.3 Å². The number of hydrogen-bond donors (Lipinski definition) is 1. The Labute approximate surface area is 186 Å². The number of nitrogens with one attached hydrogen (secondary N) is 1. The maximum absolute atomic E-state index is 12.6. The van der Waals surface area contributed by atoms with Crippen LogP contribution in [0.2, 0.25) is 0 Å². The molecule has 1 aliphatic heterocycles. The predicted molar refractivity (Wildman–Crippen MR) is 122 cm³/mol. The lowest BCUT2D eigenvalue weighted by atomic mass is 9.99. The first-order valence-corrected chi connectivity index (χ1v) is 11.8. The second-order valence-electron chi connectivity index (χ2n) is 7.85. The number of benzene rings is 2. The summed E-state index contributed by atoms with van der Waals surface area (Å²) in [4.78, 5) is 12.3. The summed E-state index contributed by atoms with van der Waals surface area (Å²) in [6.07, 6.45) is 2.29. The minimum Gasteiger partial charge on any atom is -0.355 e. The van der Waals surface area contributed by atoms with E-state index >= 15 is 0 Å². The molecule has 2 heterocycles. The van der Waals surface area contributed by atoms with E-state index in [1.54, 1.807) is 24.3 Å². The van der Waals surface area contributed by atoms with Crippen molar-refractivity contribution < 1.29 is 13.3 Å². The molecule has 32 heavy (non-hydrogen) atoms. The number of para-hydroxylation sites is 1. The third kappa shape index (κ3) is 4.70. The van der Waals surface area contributed by atoms with Gasteiger partial charge in [-0.25, -0.2) is 8.42 Å². The molecule has 0 unspecified atom stereocenters. The second kappa shape index (κ2) is 8.91. The van der Waals surface area contributed by atoms with E-state index in [2.05, 4.69) is 26.7 Å². The number of nitrogens with zero attached hydrogens (tertiary/aromatic N) is 4. The monoisotopic (exact) mass is 453 g/mol. The van der Waals surface area contributed by atoms with E-state index in [9.17, 15) is 18.5 Å². The zero-order valence-electron chi connectivity index (χ0n) is 17.5. The van der Waals surface area contributed by atoms with Gasteiger partial charge in [0.25, 0.3) is 15.7 Å². The molecule has 0 radical (unpaired) electrons. The molecule has 1 aliphatic rings. The molecule has 3 aromatic rings. The van der Waals surface area contributed by atoms with Gasteiger partial charge in [0.2, 0.25) is 0 Å². The van der Waals surface area contributed by atoms with Crippen molar-refractivity contribution in [2.45, 2.75) is 24.7 Å². The average molecular weight is 454 g/mol. The molecule has 0 saturated carbocycles. The Balaban J connectivity index is 1.48. The van der Waals surface area contributed by atoms with Crippen molar-refractivity contribution in [2.75, 3.05) is 22.7 Å². The van der Waals surface area contributed by atoms with Gasteiger partial charge in [-0.2, -0.15) is 0 Å². The molecule has 0 aliphatic carbocycles. The first-order valence-electron chi connectivity index (χ1n) is 10.3. The van der Waals surface area contributed by atoms with E-state index in [1.807, 2.05) is 12.1 Å². The number of sulfonamides is 1. The molecule has 0 atom stereocenters. The van der Waals surface area contributed by atoms with Gasteiger partial charge in [-0.1, -0.05) is 31.2 Å². The highest BCUT2D eigenvalue weighted by Gasteiger charge is 2.25. The number of nitro benzene ring substituents is 1. The van der Waals surface area contributed by atoms with Crippen molar-refractivity contribution in [3.8, 4) is 11.3 Å². The van der Waals surface area contributed by atoms with E-state index in [1.165, 1.54) is 18.2 Å². The van der Waals surface area contributed by atoms with Crippen LogP contribution >= 0.6 is 0 Å². The fourth-order valence-electron chi connectivity index (χ4n) is 3.64. The fourth-order valence-corrected chi connectivity index (χ4v) is 4.87. The third-order valence-corrected chi connectivity index (χ3v) is 6.97. The average Bonchev–Trinajstić information content (AvgIpc) is 2.80. The van der Waals surface area contributed by atoms with Gasteiger partial charge in [0.15, 0.2) is 10.7 Å².